The van der Waals surface area contributed by atoms with E-state index in [1.165, 1.54) is 0 Å². The maximum Gasteiger partial charge on any atom is 0.264 e. The Morgan fingerprint density at radius 2 is 1.91 bits per heavy atom. The number of hydrogen-bond donors (Lipinski definition) is 1. The molecule has 0 spiro atoms. The maximum atomic E-state index is 13.2. The number of amides is 2. The minimum absolute atomic E-state index is 0.0795. The lowest BCUT2D eigenvalue weighted by Gasteiger charge is -2.32. The number of thioether (sulfide) groups is 1. The second-order valence-electron chi connectivity index (χ2n) is 8.38. The summed E-state index contributed by atoms with van der Waals surface area (Å²) < 4.78 is 1.28. The van der Waals surface area contributed by atoms with Crippen LogP contribution in [0.5, 0.6) is 0 Å². The van der Waals surface area contributed by atoms with Gasteiger partial charge in [-0.05, 0) is 48.9 Å². The van der Waals surface area contributed by atoms with E-state index >= 15 is 0 Å². The Kier molecular flexibility index (Phi) is 5.22. The summed E-state index contributed by atoms with van der Waals surface area (Å²) >= 11 is 1.60. The van der Waals surface area contributed by atoms with Gasteiger partial charge in [-0.1, -0.05) is 24.3 Å². The highest BCUT2D eigenvalue weighted by molar-refractivity contribution is 8.01. The van der Waals surface area contributed by atoms with Gasteiger partial charge in [0, 0.05) is 25.0 Å². The first-order valence-corrected chi connectivity index (χ1v) is 12.0. The van der Waals surface area contributed by atoms with Crippen LogP contribution in [-0.2, 0) is 17.9 Å². The zero-order valence-electron chi connectivity index (χ0n) is 18.1. The van der Waals surface area contributed by atoms with Crippen LogP contribution in [0.4, 0.5) is 5.69 Å². The predicted molar refractivity (Wildman–Crippen MR) is 128 cm³/mol. The van der Waals surface area contributed by atoms with Crippen molar-refractivity contribution in [3.05, 3.63) is 75.6 Å². The molecule has 1 aliphatic heterocycles. The Morgan fingerprint density at radius 3 is 2.58 bits per heavy atom. The van der Waals surface area contributed by atoms with Gasteiger partial charge in [0.1, 0.15) is 5.56 Å². The summed E-state index contributed by atoms with van der Waals surface area (Å²) in [5.74, 6) is -0.344. The van der Waals surface area contributed by atoms with Crippen LogP contribution in [0.2, 0.25) is 0 Å². The third kappa shape index (κ3) is 3.58. The van der Waals surface area contributed by atoms with Gasteiger partial charge < -0.3 is 14.8 Å². The molecule has 33 heavy (non-hydrogen) atoms. The normalized spacial score (nSPS) is 15.7. The average molecular weight is 459 g/mol. The Labute approximate surface area is 195 Å². The molecule has 2 heterocycles. The van der Waals surface area contributed by atoms with Gasteiger partial charge in [0.2, 0.25) is 5.91 Å². The largest absolute Gasteiger partial charge is 0.348 e. The van der Waals surface area contributed by atoms with E-state index in [4.69, 9.17) is 5.26 Å². The van der Waals surface area contributed by atoms with Crippen molar-refractivity contribution >= 4 is 40.2 Å². The Balaban J connectivity index is 1.46. The number of benzene rings is 2. The van der Waals surface area contributed by atoms with E-state index in [9.17, 15) is 14.4 Å². The smallest absolute Gasteiger partial charge is 0.264 e. The van der Waals surface area contributed by atoms with E-state index < -0.39 is 5.91 Å². The number of carbonyl (C=O) groups is 2. The number of nitrogens with one attached hydrogen (secondary N) is 1. The number of nitrogens with zero attached hydrogens (tertiary/aromatic N) is 3. The number of hydrogen-bond acceptors (Lipinski definition) is 5. The first-order valence-electron chi connectivity index (χ1n) is 10.8. The van der Waals surface area contributed by atoms with Crippen molar-refractivity contribution < 1.29 is 9.59 Å². The van der Waals surface area contributed by atoms with Crippen LogP contribution in [0.3, 0.4) is 0 Å². The van der Waals surface area contributed by atoms with Crippen LogP contribution in [0.25, 0.3) is 10.9 Å². The molecule has 2 amide bonds. The third-order valence-corrected chi connectivity index (χ3v) is 7.80. The molecule has 7 nitrogen and oxygen atoms in total. The van der Waals surface area contributed by atoms with E-state index in [2.05, 4.69) is 11.4 Å². The van der Waals surface area contributed by atoms with Crippen molar-refractivity contribution in [1.82, 2.24) is 9.88 Å². The molecule has 8 heteroatoms. The SMILES string of the molecule is CSC1(C(=O)N2CCn3c(=O)c(C(=O)NCc4ccc(C#N)cc4)cc4cccc2c43)CC1. The maximum absolute atomic E-state index is 13.2. The summed E-state index contributed by atoms with van der Waals surface area (Å²) in [6, 6.07) is 16.2. The highest BCUT2D eigenvalue weighted by Crippen LogP contribution is 2.49. The van der Waals surface area contributed by atoms with Crippen LogP contribution >= 0.6 is 11.8 Å². The Hall–Kier alpha value is -3.57. The first kappa shape index (κ1) is 21.3. The van der Waals surface area contributed by atoms with Gasteiger partial charge in [-0.25, -0.2) is 0 Å². The summed E-state index contributed by atoms with van der Waals surface area (Å²) in [6.45, 7) is 1.00. The van der Waals surface area contributed by atoms with E-state index in [0.29, 0.717) is 24.2 Å². The number of aromatic nitrogens is 1. The fourth-order valence-corrected chi connectivity index (χ4v) is 5.18. The second-order valence-corrected chi connectivity index (χ2v) is 9.57. The molecule has 3 aromatic rings. The fraction of sp³-hybridized carbons (Fsp3) is 0.280. The Bertz CT molecular complexity index is 1380. The molecule has 2 aliphatic rings. The second kappa shape index (κ2) is 8.09. The summed E-state index contributed by atoms with van der Waals surface area (Å²) in [6.07, 6.45) is 3.73. The predicted octanol–water partition coefficient (Wildman–Crippen LogP) is 3.05. The summed E-state index contributed by atoms with van der Waals surface area (Å²) in [5, 5.41) is 12.5. The third-order valence-electron chi connectivity index (χ3n) is 6.44. The first-order chi connectivity index (χ1) is 16.0. The molecular weight excluding hydrogens is 436 g/mol. The van der Waals surface area contributed by atoms with E-state index in [1.54, 1.807) is 51.6 Å². The molecule has 1 saturated carbocycles. The number of carbonyl (C=O) groups excluding carboxylic acids is 2. The molecule has 0 radical (unpaired) electrons. The number of para-hydroxylation sites is 1. The zero-order valence-corrected chi connectivity index (χ0v) is 18.9. The van der Waals surface area contributed by atoms with E-state index in [1.807, 2.05) is 24.5 Å². The van der Waals surface area contributed by atoms with Crippen molar-refractivity contribution in [2.24, 2.45) is 0 Å². The molecule has 166 valence electrons. The number of nitriles is 1. The highest BCUT2D eigenvalue weighted by atomic mass is 32.2. The fourth-order valence-electron chi connectivity index (χ4n) is 4.39. The molecule has 0 atom stereocenters. The zero-order chi connectivity index (χ0) is 23.2. The minimum Gasteiger partial charge on any atom is -0.348 e. The summed E-state index contributed by atoms with van der Waals surface area (Å²) in [5.41, 5.74) is 2.53. The number of anilines is 1. The van der Waals surface area contributed by atoms with Gasteiger partial charge in [0.25, 0.3) is 11.5 Å². The monoisotopic (exact) mass is 458 g/mol. The van der Waals surface area contributed by atoms with E-state index in [-0.39, 0.29) is 28.3 Å². The van der Waals surface area contributed by atoms with Gasteiger partial charge in [-0.15, -0.1) is 11.8 Å². The molecule has 1 aliphatic carbocycles. The molecule has 1 aromatic heterocycles. The van der Waals surface area contributed by atoms with Gasteiger partial charge in [0.15, 0.2) is 0 Å². The van der Waals surface area contributed by atoms with Crippen molar-refractivity contribution in [1.29, 1.82) is 5.26 Å². The molecular formula is C25H22N4O3S. The lowest BCUT2D eigenvalue weighted by molar-refractivity contribution is -0.118. The lowest BCUT2D eigenvalue weighted by atomic mass is 10.1. The average Bonchev–Trinajstić information content (AvgIpc) is 3.66. The van der Waals surface area contributed by atoms with Crippen LogP contribution < -0.4 is 15.8 Å². The van der Waals surface area contributed by atoms with Crippen LogP contribution in [0.1, 0.15) is 34.3 Å². The molecule has 1 N–H and O–H groups in total. The van der Waals surface area contributed by atoms with Crippen molar-refractivity contribution in [2.45, 2.75) is 30.7 Å². The van der Waals surface area contributed by atoms with E-state index in [0.717, 1.165) is 29.5 Å². The quantitative estimate of drug-likeness (QED) is 0.634. The number of rotatable bonds is 5. The van der Waals surface area contributed by atoms with Crippen LogP contribution in [-0.4, -0.2) is 33.9 Å². The van der Waals surface area contributed by atoms with Gasteiger partial charge >= 0.3 is 0 Å². The topological polar surface area (TPSA) is 95.2 Å². The molecule has 5 rings (SSSR count). The van der Waals surface area contributed by atoms with Crippen LogP contribution in [0, 0.1) is 11.3 Å². The molecule has 0 unspecified atom stereocenters. The summed E-state index contributed by atoms with van der Waals surface area (Å²) in [4.78, 5) is 41.1. The molecule has 2 aromatic carbocycles. The van der Waals surface area contributed by atoms with Gasteiger partial charge in [-0.3, -0.25) is 14.4 Å². The van der Waals surface area contributed by atoms with Crippen molar-refractivity contribution in [3.8, 4) is 6.07 Å². The highest BCUT2D eigenvalue weighted by Gasteiger charge is 2.52. The molecule has 0 saturated heterocycles. The standard InChI is InChI=1S/C25H22N4O3S/c1-33-25(9-10-25)24(32)28-11-12-29-21-18(3-2-4-20(21)28)13-19(23(29)31)22(30)27-15-17-7-5-16(14-26)6-8-17/h2-8,13H,9-12,15H2,1H3,(H,27,30). The minimum atomic E-state index is -0.446. The van der Waals surface area contributed by atoms with Crippen molar-refractivity contribution in [3.63, 3.8) is 0 Å². The van der Waals surface area contributed by atoms with Gasteiger partial charge in [0.05, 0.1) is 27.6 Å². The molecule has 0 bridgehead atoms. The molecule has 1 fully saturated rings. The summed E-state index contributed by atoms with van der Waals surface area (Å²) in [7, 11) is 0. The van der Waals surface area contributed by atoms with Gasteiger partial charge in [-0.2, -0.15) is 5.26 Å². The lowest BCUT2D eigenvalue weighted by Crippen LogP contribution is -2.45. The van der Waals surface area contributed by atoms with Crippen molar-refractivity contribution in [2.75, 3.05) is 17.7 Å². The number of pyridine rings is 1. The Morgan fingerprint density at radius 1 is 1.15 bits per heavy atom. The van der Waals surface area contributed by atoms with Crippen LogP contribution in [0.15, 0.2) is 53.3 Å².